The first-order chi connectivity index (χ1) is 12.8. The minimum absolute atomic E-state index is 0.279. The number of fused-ring (bicyclic) bond motifs is 1. The van der Waals surface area contributed by atoms with Crippen LogP contribution in [0.1, 0.15) is 102 Å². The summed E-state index contributed by atoms with van der Waals surface area (Å²) in [6, 6.07) is 8.24. The SMILES string of the molecule is CCCCCCCCCCCCCCCCN1C(=O)Cc2ccccc21. The molecule has 1 heterocycles. The molecule has 0 radical (unpaired) electrons. The number of unbranched alkanes of at least 4 members (excludes halogenated alkanes) is 13. The van der Waals surface area contributed by atoms with Crippen LogP contribution in [0.4, 0.5) is 5.69 Å². The number of carbonyl (C=O) groups excluding carboxylic acids is 1. The molecule has 0 saturated carbocycles. The lowest BCUT2D eigenvalue weighted by Gasteiger charge is -2.17. The third kappa shape index (κ3) is 7.51. The van der Waals surface area contributed by atoms with Crippen LogP contribution in [0.3, 0.4) is 0 Å². The Kier molecular flexibility index (Phi) is 10.5. The van der Waals surface area contributed by atoms with E-state index in [0.717, 1.165) is 18.7 Å². The van der Waals surface area contributed by atoms with Crippen LogP contribution < -0.4 is 4.90 Å². The standard InChI is InChI=1S/C24H39NO/c1-2-3-4-5-6-7-8-9-10-11-12-13-14-17-20-25-23-19-16-15-18-22(23)21-24(25)26/h15-16,18-19H,2-14,17,20-21H2,1H3. The summed E-state index contributed by atoms with van der Waals surface area (Å²) in [6.45, 7) is 3.18. The van der Waals surface area contributed by atoms with Crippen LogP contribution in [0.5, 0.6) is 0 Å². The van der Waals surface area contributed by atoms with E-state index in [9.17, 15) is 4.79 Å². The second kappa shape index (κ2) is 12.9. The number of carbonyl (C=O) groups is 1. The van der Waals surface area contributed by atoms with Crippen molar-refractivity contribution in [3.8, 4) is 0 Å². The third-order valence-electron chi connectivity index (χ3n) is 5.66. The Hall–Kier alpha value is -1.31. The number of benzene rings is 1. The Bertz CT molecular complexity index is 511. The molecule has 2 heteroatoms. The fourth-order valence-corrected chi connectivity index (χ4v) is 4.03. The number of nitrogens with zero attached hydrogens (tertiary/aromatic N) is 1. The summed E-state index contributed by atoms with van der Waals surface area (Å²) in [6.07, 6.45) is 19.8. The number of para-hydroxylation sites is 1. The molecule has 1 aliphatic heterocycles. The van der Waals surface area contributed by atoms with E-state index in [4.69, 9.17) is 0 Å². The number of hydrogen-bond donors (Lipinski definition) is 0. The van der Waals surface area contributed by atoms with Gasteiger partial charge < -0.3 is 4.90 Å². The lowest BCUT2D eigenvalue weighted by Crippen LogP contribution is -2.27. The van der Waals surface area contributed by atoms with Gasteiger partial charge in [0.1, 0.15) is 0 Å². The molecular weight excluding hydrogens is 318 g/mol. The molecule has 0 atom stereocenters. The van der Waals surface area contributed by atoms with Gasteiger partial charge in [-0.3, -0.25) is 4.79 Å². The third-order valence-corrected chi connectivity index (χ3v) is 5.66. The molecular formula is C24H39NO. The van der Waals surface area contributed by atoms with Crippen molar-refractivity contribution in [3.05, 3.63) is 29.8 Å². The van der Waals surface area contributed by atoms with Crippen LogP contribution in [0.15, 0.2) is 24.3 Å². The molecule has 0 bridgehead atoms. The van der Waals surface area contributed by atoms with Crippen LogP contribution in [-0.2, 0) is 11.2 Å². The van der Waals surface area contributed by atoms with Gasteiger partial charge in [0.15, 0.2) is 0 Å². The molecule has 0 fully saturated rings. The predicted molar refractivity (Wildman–Crippen MR) is 113 cm³/mol. The van der Waals surface area contributed by atoms with Crippen molar-refractivity contribution >= 4 is 11.6 Å². The second-order valence-corrected chi connectivity index (χ2v) is 7.95. The van der Waals surface area contributed by atoms with Gasteiger partial charge in [0.2, 0.25) is 5.91 Å². The quantitative estimate of drug-likeness (QED) is 0.308. The second-order valence-electron chi connectivity index (χ2n) is 7.95. The average Bonchev–Trinajstić information content (AvgIpc) is 2.97. The first-order valence-corrected chi connectivity index (χ1v) is 11.2. The highest BCUT2D eigenvalue weighted by Crippen LogP contribution is 2.28. The Labute approximate surface area is 161 Å². The Morgan fingerprint density at radius 3 is 1.81 bits per heavy atom. The topological polar surface area (TPSA) is 20.3 Å². The number of amides is 1. The van der Waals surface area contributed by atoms with Crippen molar-refractivity contribution in [3.63, 3.8) is 0 Å². The van der Waals surface area contributed by atoms with Crippen molar-refractivity contribution in [2.75, 3.05) is 11.4 Å². The Morgan fingerprint density at radius 1 is 0.731 bits per heavy atom. The van der Waals surface area contributed by atoms with Gasteiger partial charge in [-0.05, 0) is 18.1 Å². The largest absolute Gasteiger partial charge is 0.312 e. The molecule has 0 spiro atoms. The normalized spacial score (nSPS) is 13.4. The van der Waals surface area contributed by atoms with Gasteiger partial charge in [-0.1, -0.05) is 109 Å². The molecule has 1 aromatic rings. The molecule has 2 rings (SSSR count). The van der Waals surface area contributed by atoms with E-state index in [0.29, 0.717) is 6.42 Å². The minimum atomic E-state index is 0.279. The van der Waals surface area contributed by atoms with Crippen LogP contribution in [-0.4, -0.2) is 12.5 Å². The van der Waals surface area contributed by atoms with Crippen molar-refractivity contribution in [1.29, 1.82) is 0 Å². The monoisotopic (exact) mass is 357 g/mol. The molecule has 0 aliphatic carbocycles. The van der Waals surface area contributed by atoms with Crippen LogP contribution in [0, 0.1) is 0 Å². The van der Waals surface area contributed by atoms with Gasteiger partial charge in [0.05, 0.1) is 6.42 Å². The molecule has 26 heavy (non-hydrogen) atoms. The summed E-state index contributed by atoms with van der Waals surface area (Å²) in [5.74, 6) is 0.279. The average molecular weight is 358 g/mol. The maximum absolute atomic E-state index is 12.1. The van der Waals surface area contributed by atoms with Crippen molar-refractivity contribution in [2.45, 2.75) is 103 Å². The van der Waals surface area contributed by atoms with Gasteiger partial charge >= 0.3 is 0 Å². The molecule has 2 nitrogen and oxygen atoms in total. The van der Waals surface area contributed by atoms with E-state index in [1.54, 1.807) is 0 Å². The molecule has 1 aromatic carbocycles. The van der Waals surface area contributed by atoms with E-state index < -0.39 is 0 Å². The van der Waals surface area contributed by atoms with Gasteiger partial charge in [-0.15, -0.1) is 0 Å². The van der Waals surface area contributed by atoms with Gasteiger partial charge in [-0.2, -0.15) is 0 Å². The molecule has 1 aliphatic rings. The Morgan fingerprint density at radius 2 is 1.23 bits per heavy atom. The van der Waals surface area contributed by atoms with Crippen LogP contribution in [0.2, 0.25) is 0 Å². The number of anilines is 1. The molecule has 0 unspecified atom stereocenters. The highest BCUT2D eigenvalue weighted by atomic mass is 16.2. The van der Waals surface area contributed by atoms with Gasteiger partial charge in [-0.25, -0.2) is 0 Å². The van der Waals surface area contributed by atoms with Crippen molar-refractivity contribution in [1.82, 2.24) is 0 Å². The fraction of sp³-hybridized carbons (Fsp3) is 0.708. The van der Waals surface area contributed by atoms with Crippen molar-refractivity contribution in [2.24, 2.45) is 0 Å². The summed E-state index contributed by atoms with van der Waals surface area (Å²) < 4.78 is 0. The highest BCUT2D eigenvalue weighted by Gasteiger charge is 2.25. The number of rotatable bonds is 15. The molecule has 0 saturated heterocycles. The van der Waals surface area contributed by atoms with Crippen LogP contribution in [0.25, 0.3) is 0 Å². The summed E-state index contributed by atoms with van der Waals surface area (Å²) in [7, 11) is 0. The van der Waals surface area contributed by atoms with E-state index in [1.807, 2.05) is 17.0 Å². The van der Waals surface area contributed by atoms with E-state index in [1.165, 1.54) is 89.0 Å². The summed E-state index contributed by atoms with van der Waals surface area (Å²) >= 11 is 0. The molecule has 0 aromatic heterocycles. The predicted octanol–water partition coefficient (Wildman–Crippen LogP) is 7.06. The van der Waals surface area contributed by atoms with Crippen molar-refractivity contribution < 1.29 is 4.79 Å². The first kappa shape index (κ1) is 21.0. The van der Waals surface area contributed by atoms with E-state index in [-0.39, 0.29) is 5.91 Å². The maximum atomic E-state index is 12.1. The molecule has 0 N–H and O–H groups in total. The zero-order chi connectivity index (χ0) is 18.5. The minimum Gasteiger partial charge on any atom is -0.312 e. The zero-order valence-electron chi connectivity index (χ0n) is 17.0. The molecule has 1 amide bonds. The summed E-state index contributed by atoms with van der Waals surface area (Å²) in [5.41, 5.74) is 2.34. The first-order valence-electron chi connectivity index (χ1n) is 11.2. The van der Waals surface area contributed by atoms with E-state index >= 15 is 0 Å². The summed E-state index contributed by atoms with van der Waals surface area (Å²) in [5, 5.41) is 0. The van der Waals surface area contributed by atoms with E-state index in [2.05, 4.69) is 19.1 Å². The lowest BCUT2D eigenvalue weighted by atomic mass is 10.0. The lowest BCUT2D eigenvalue weighted by molar-refractivity contribution is -0.117. The van der Waals surface area contributed by atoms with Gasteiger partial charge in [0.25, 0.3) is 0 Å². The zero-order valence-corrected chi connectivity index (χ0v) is 17.0. The molecule has 146 valence electrons. The highest BCUT2D eigenvalue weighted by molar-refractivity contribution is 6.01. The fourth-order valence-electron chi connectivity index (χ4n) is 4.03. The smallest absolute Gasteiger partial charge is 0.231 e. The number of hydrogen-bond acceptors (Lipinski definition) is 1. The van der Waals surface area contributed by atoms with Crippen LogP contribution >= 0.6 is 0 Å². The summed E-state index contributed by atoms with van der Waals surface area (Å²) in [4.78, 5) is 14.1. The Balaban J connectivity index is 1.39. The van der Waals surface area contributed by atoms with Gasteiger partial charge in [0, 0.05) is 12.2 Å². The maximum Gasteiger partial charge on any atom is 0.231 e.